The summed E-state index contributed by atoms with van der Waals surface area (Å²) in [6.45, 7) is 0.813. The summed E-state index contributed by atoms with van der Waals surface area (Å²) in [6.07, 6.45) is 9.11. The first-order chi connectivity index (χ1) is 11.7. The number of carbonyl (C=O) groups is 2. The number of benzene rings is 1. The van der Waals surface area contributed by atoms with Crippen molar-refractivity contribution >= 4 is 11.6 Å². The normalized spacial score (nSPS) is 22.0. The highest BCUT2D eigenvalue weighted by Crippen LogP contribution is 2.35. The third kappa shape index (κ3) is 3.34. The molecule has 4 nitrogen and oxygen atoms in total. The molecule has 0 amide bonds. The largest absolute Gasteiger partial charge is 0.494 e. The number of unbranched alkanes of at least 4 members (excludes halogenated alkanes) is 3. The average molecular weight is 326 g/mol. The second-order valence-corrected chi connectivity index (χ2v) is 6.24. The Bertz CT molecular complexity index is 687. The fourth-order valence-corrected chi connectivity index (χ4v) is 3.27. The molecular weight excluding hydrogens is 304 g/mol. The fourth-order valence-electron chi connectivity index (χ4n) is 3.27. The Morgan fingerprint density at radius 3 is 2.29 bits per heavy atom. The molecule has 2 aliphatic carbocycles. The van der Waals surface area contributed by atoms with Gasteiger partial charge in [0.1, 0.15) is 5.76 Å². The maximum atomic E-state index is 12.7. The summed E-state index contributed by atoms with van der Waals surface area (Å²) in [4.78, 5) is 25.3. The van der Waals surface area contributed by atoms with Crippen molar-refractivity contribution in [2.75, 3.05) is 13.2 Å². The van der Waals surface area contributed by atoms with Crippen molar-refractivity contribution in [1.29, 1.82) is 0 Å². The minimum absolute atomic E-state index is 0.00533. The zero-order chi connectivity index (χ0) is 16.9. The summed E-state index contributed by atoms with van der Waals surface area (Å²) in [5, 5.41) is 8.74. The highest BCUT2D eigenvalue weighted by molar-refractivity contribution is 6.17. The summed E-state index contributed by atoms with van der Waals surface area (Å²) in [6, 6.07) is 7.02. The number of ketones is 2. The molecule has 0 fully saturated rings. The lowest BCUT2D eigenvalue weighted by atomic mass is 9.72. The molecule has 2 aliphatic rings. The summed E-state index contributed by atoms with van der Waals surface area (Å²) >= 11 is 0. The van der Waals surface area contributed by atoms with Gasteiger partial charge in [0.25, 0.3) is 0 Å². The van der Waals surface area contributed by atoms with E-state index in [2.05, 4.69) is 0 Å². The number of aliphatic hydroxyl groups is 1. The standard InChI is InChI=1S/C20H22O4/c21-11-5-1-2-6-12-24-14-9-10-17-18(13-14)20(23)16-8-4-3-7-15(16)19(17)22/h3-4,7-10,13,17-18,21H,1-2,5-6,11-12H2. The van der Waals surface area contributed by atoms with Crippen LogP contribution in [-0.4, -0.2) is 29.9 Å². The molecule has 0 heterocycles. The maximum absolute atomic E-state index is 12.7. The molecule has 0 saturated carbocycles. The molecule has 0 bridgehead atoms. The quantitative estimate of drug-likeness (QED) is 0.781. The summed E-state index contributed by atoms with van der Waals surface area (Å²) < 4.78 is 5.73. The van der Waals surface area contributed by atoms with Crippen molar-refractivity contribution in [3.63, 3.8) is 0 Å². The third-order valence-electron chi connectivity index (χ3n) is 4.58. The van der Waals surface area contributed by atoms with Crippen molar-refractivity contribution in [2.24, 2.45) is 11.8 Å². The first kappa shape index (κ1) is 16.7. The summed E-state index contributed by atoms with van der Waals surface area (Å²) in [5.41, 5.74) is 1.04. The lowest BCUT2D eigenvalue weighted by Crippen LogP contribution is -2.35. The second-order valence-electron chi connectivity index (χ2n) is 6.24. The van der Waals surface area contributed by atoms with E-state index in [0.29, 0.717) is 23.5 Å². The SMILES string of the molecule is O=C1c2ccccc2C(=O)C2C=C(OCCCCCCO)C=CC12. The van der Waals surface area contributed by atoms with Crippen LogP contribution in [0.4, 0.5) is 0 Å². The molecule has 3 rings (SSSR count). The van der Waals surface area contributed by atoms with E-state index in [1.807, 2.05) is 0 Å². The average Bonchev–Trinajstić information content (AvgIpc) is 2.62. The third-order valence-corrected chi connectivity index (χ3v) is 4.58. The Morgan fingerprint density at radius 2 is 1.58 bits per heavy atom. The van der Waals surface area contributed by atoms with E-state index in [1.165, 1.54) is 0 Å². The van der Waals surface area contributed by atoms with Crippen LogP contribution in [0.25, 0.3) is 0 Å². The first-order valence-electron chi connectivity index (χ1n) is 8.53. The highest BCUT2D eigenvalue weighted by atomic mass is 16.5. The molecule has 1 aromatic rings. The van der Waals surface area contributed by atoms with Crippen LogP contribution in [-0.2, 0) is 4.74 Å². The van der Waals surface area contributed by atoms with Crippen LogP contribution in [0.15, 0.2) is 48.3 Å². The lowest BCUT2D eigenvalue weighted by Gasteiger charge is -2.29. The van der Waals surface area contributed by atoms with Crippen LogP contribution in [0.5, 0.6) is 0 Å². The van der Waals surface area contributed by atoms with Crippen LogP contribution in [0, 0.1) is 11.8 Å². The topological polar surface area (TPSA) is 63.6 Å². The van der Waals surface area contributed by atoms with Crippen LogP contribution >= 0.6 is 0 Å². The minimum atomic E-state index is -0.457. The fraction of sp³-hybridized carbons (Fsp3) is 0.400. The van der Waals surface area contributed by atoms with E-state index in [0.717, 1.165) is 25.7 Å². The van der Waals surface area contributed by atoms with E-state index >= 15 is 0 Å². The van der Waals surface area contributed by atoms with Crippen LogP contribution < -0.4 is 0 Å². The number of hydrogen-bond donors (Lipinski definition) is 1. The molecule has 0 radical (unpaired) electrons. The molecule has 0 aromatic heterocycles. The highest BCUT2D eigenvalue weighted by Gasteiger charge is 2.40. The summed E-state index contributed by atoms with van der Waals surface area (Å²) in [7, 11) is 0. The van der Waals surface area contributed by atoms with Crippen LogP contribution in [0.2, 0.25) is 0 Å². The Kier molecular flexibility index (Phi) is 5.26. The zero-order valence-electron chi connectivity index (χ0n) is 13.6. The Morgan fingerprint density at radius 1 is 0.917 bits per heavy atom. The smallest absolute Gasteiger partial charge is 0.171 e. The van der Waals surface area contributed by atoms with Gasteiger partial charge in [0.05, 0.1) is 18.4 Å². The molecule has 2 atom stereocenters. The van der Waals surface area contributed by atoms with E-state index < -0.39 is 11.8 Å². The van der Waals surface area contributed by atoms with E-state index in [1.54, 1.807) is 42.5 Å². The minimum Gasteiger partial charge on any atom is -0.494 e. The van der Waals surface area contributed by atoms with Crippen LogP contribution in [0.1, 0.15) is 46.4 Å². The van der Waals surface area contributed by atoms with Gasteiger partial charge in [-0.2, -0.15) is 0 Å². The molecule has 1 N–H and O–H groups in total. The molecule has 2 unspecified atom stereocenters. The Labute approximate surface area is 141 Å². The number of rotatable bonds is 7. The molecule has 0 saturated heterocycles. The van der Waals surface area contributed by atoms with Gasteiger partial charge in [0, 0.05) is 17.7 Å². The number of carbonyl (C=O) groups excluding carboxylic acids is 2. The van der Waals surface area contributed by atoms with Crippen LogP contribution in [0.3, 0.4) is 0 Å². The maximum Gasteiger partial charge on any atom is 0.171 e. The van der Waals surface area contributed by atoms with Crippen molar-refractivity contribution < 1.29 is 19.4 Å². The number of allylic oxidation sites excluding steroid dienone is 3. The summed E-state index contributed by atoms with van der Waals surface area (Å²) in [5.74, 6) is -0.209. The molecular formula is C20H22O4. The molecule has 4 heteroatoms. The van der Waals surface area contributed by atoms with Crippen molar-refractivity contribution in [3.8, 4) is 0 Å². The zero-order valence-corrected chi connectivity index (χ0v) is 13.6. The van der Waals surface area contributed by atoms with Crippen molar-refractivity contribution in [1.82, 2.24) is 0 Å². The van der Waals surface area contributed by atoms with Gasteiger partial charge in [-0.3, -0.25) is 9.59 Å². The van der Waals surface area contributed by atoms with E-state index in [4.69, 9.17) is 9.84 Å². The predicted molar refractivity (Wildman–Crippen MR) is 90.8 cm³/mol. The van der Waals surface area contributed by atoms with Gasteiger partial charge in [-0.05, 0) is 31.4 Å². The van der Waals surface area contributed by atoms with Gasteiger partial charge in [-0.25, -0.2) is 0 Å². The van der Waals surface area contributed by atoms with Gasteiger partial charge in [0.2, 0.25) is 0 Å². The van der Waals surface area contributed by atoms with Crippen molar-refractivity contribution in [3.05, 3.63) is 59.4 Å². The second kappa shape index (κ2) is 7.58. The van der Waals surface area contributed by atoms with Gasteiger partial charge < -0.3 is 9.84 Å². The first-order valence-corrected chi connectivity index (χ1v) is 8.53. The molecule has 1 aromatic carbocycles. The lowest BCUT2D eigenvalue weighted by molar-refractivity contribution is 0.0795. The number of ether oxygens (including phenoxy) is 1. The molecule has 24 heavy (non-hydrogen) atoms. The number of fused-ring (bicyclic) bond motifs is 2. The monoisotopic (exact) mass is 326 g/mol. The van der Waals surface area contributed by atoms with Gasteiger partial charge in [-0.1, -0.05) is 36.8 Å². The Hall–Kier alpha value is -2.20. The number of Topliss-reactive ketones (excluding diaryl/α,β-unsaturated/α-hetero) is 2. The molecule has 126 valence electrons. The number of hydrogen-bond acceptors (Lipinski definition) is 4. The Balaban J connectivity index is 1.65. The van der Waals surface area contributed by atoms with E-state index in [9.17, 15) is 9.59 Å². The van der Waals surface area contributed by atoms with Gasteiger partial charge in [-0.15, -0.1) is 0 Å². The predicted octanol–water partition coefficient (Wildman–Crippen LogP) is 3.32. The van der Waals surface area contributed by atoms with E-state index in [-0.39, 0.29) is 18.2 Å². The van der Waals surface area contributed by atoms with Gasteiger partial charge >= 0.3 is 0 Å². The van der Waals surface area contributed by atoms with Gasteiger partial charge in [0.15, 0.2) is 11.6 Å². The number of aliphatic hydroxyl groups excluding tert-OH is 1. The molecule has 0 aliphatic heterocycles. The van der Waals surface area contributed by atoms with Crippen molar-refractivity contribution in [2.45, 2.75) is 25.7 Å². The molecule has 0 spiro atoms.